The van der Waals surface area contributed by atoms with Crippen molar-refractivity contribution in [3.8, 4) is 6.07 Å². The predicted molar refractivity (Wildman–Crippen MR) is 40.5 cm³/mol. The second-order valence-electron chi connectivity index (χ2n) is 2.60. The summed E-state index contributed by atoms with van der Waals surface area (Å²) in [6.45, 7) is 4.65. The molecule has 0 aromatic rings. The molecule has 0 radical (unpaired) electrons. The minimum atomic E-state index is -0.0669. The second-order valence-corrected chi connectivity index (χ2v) is 2.60. The number of hydrogen-bond acceptors (Lipinski definition) is 2. The van der Waals surface area contributed by atoms with Crippen LogP contribution >= 0.6 is 0 Å². The molecule has 3 heteroatoms. The lowest BCUT2D eigenvalue weighted by molar-refractivity contribution is -0.125. The van der Waals surface area contributed by atoms with E-state index < -0.39 is 0 Å². The van der Waals surface area contributed by atoms with E-state index >= 15 is 0 Å². The number of nitriles is 1. The monoisotopic (exact) mass is 150 g/mol. The summed E-state index contributed by atoms with van der Waals surface area (Å²) in [5.41, 5.74) is 0. The molecule has 3 nitrogen and oxygen atoms in total. The van der Waals surface area contributed by atoms with Crippen molar-refractivity contribution >= 4 is 5.91 Å². The van der Waals surface area contributed by atoms with Gasteiger partial charge in [0.25, 0.3) is 0 Å². The van der Waals surface area contributed by atoms with Gasteiger partial charge in [0.05, 0.1) is 12.0 Å². The highest BCUT2D eigenvalue weighted by Gasteiger charge is 2.23. The summed E-state index contributed by atoms with van der Waals surface area (Å²) >= 11 is 0. The summed E-state index contributed by atoms with van der Waals surface area (Å²) in [7, 11) is 0. The predicted octanol–water partition coefficient (Wildman–Crippen LogP) is 0.544. The standard InChI is InChI=1S/C8H10N2O/c1-2-8(11)10-4-3-7(5-9)6-10/h2,7H,1,3-4,6H2/t7-/m0/s1. The topological polar surface area (TPSA) is 44.1 Å². The Balaban J connectivity index is 2.49. The Bertz CT molecular complexity index is 217. The van der Waals surface area contributed by atoms with Crippen LogP contribution in [0.4, 0.5) is 0 Å². The minimum absolute atomic E-state index is 0.0268. The number of hydrogen-bond donors (Lipinski definition) is 0. The van der Waals surface area contributed by atoms with Gasteiger partial charge in [0.1, 0.15) is 0 Å². The minimum Gasteiger partial charge on any atom is -0.338 e. The van der Waals surface area contributed by atoms with Crippen molar-refractivity contribution in [3.05, 3.63) is 12.7 Å². The summed E-state index contributed by atoms with van der Waals surface area (Å²) in [6, 6.07) is 2.14. The lowest BCUT2D eigenvalue weighted by atomic mass is 10.1. The van der Waals surface area contributed by atoms with Gasteiger partial charge in [-0.3, -0.25) is 4.79 Å². The zero-order valence-corrected chi connectivity index (χ0v) is 6.29. The molecule has 1 saturated heterocycles. The average molecular weight is 150 g/mol. The largest absolute Gasteiger partial charge is 0.338 e. The Morgan fingerprint density at radius 2 is 2.55 bits per heavy atom. The SMILES string of the molecule is C=CC(=O)N1CC[C@@H](C#N)C1. The van der Waals surface area contributed by atoms with Crippen LogP contribution in [-0.4, -0.2) is 23.9 Å². The molecule has 1 fully saturated rings. The number of likely N-dealkylation sites (tertiary alicyclic amines) is 1. The third-order valence-corrected chi connectivity index (χ3v) is 1.86. The van der Waals surface area contributed by atoms with Crippen molar-refractivity contribution in [2.24, 2.45) is 5.92 Å². The molecule has 0 saturated carbocycles. The normalized spacial score (nSPS) is 22.8. The van der Waals surface area contributed by atoms with Gasteiger partial charge < -0.3 is 4.90 Å². The molecule has 0 spiro atoms. The van der Waals surface area contributed by atoms with Crippen molar-refractivity contribution in [2.75, 3.05) is 13.1 Å². The Labute approximate surface area is 65.9 Å². The van der Waals surface area contributed by atoms with Crippen LogP contribution in [0, 0.1) is 17.2 Å². The first-order chi connectivity index (χ1) is 5.27. The van der Waals surface area contributed by atoms with Gasteiger partial charge in [-0.1, -0.05) is 6.58 Å². The first-order valence-electron chi connectivity index (χ1n) is 3.59. The quantitative estimate of drug-likeness (QED) is 0.512. The number of amides is 1. The number of nitrogens with zero attached hydrogens (tertiary/aromatic N) is 2. The van der Waals surface area contributed by atoms with E-state index in [-0.39, 0.29) is 11.8 Å². The molecule has 1 atom stereocenters. The maximum absolute atomic E-state index is 11.0. The smallest absolute Gasteiger partial charge is 0.245 e. The van der Waals surface area contributed by atoms with Gasteiger partial charge in [0.15, 0.2) is 0 Å². The summed E-state index contributed by atoms with van der Waals surface area (Å²) in [5.74, 6) is -0.0401. The molecule has 0 bridgehead atoms. The maximum Gasteiger partial charge on any atom is 0.245 e. The average Bonchev–Trinajstić information content (AvgIpc) is 2.50. The molecule has 58 valence electrons. The Kier molecular flexibility index (Phi) is 2.27. The summed E-state index contributed by atoms with van der Waals surface area (Å²) < 4.78 is 0. The first-order valence-corrected chi connectivity index (χ1v) is 3.59. The van der Waals surface area contributed by atoms with Gasteiger partial charge in [-0.15, -0.1) is 0 Å². The Morgan fingerprint density at radius 3 is 3.00 bits per heavy atom. The van der Waals surface area contributed by atoms with Crippen molar-refractivity contribution in [1.82, 2.24) is 4.90 Å². The summed E-state index contributed by atoms with van der Waals surface area (Å²) in [4.78, 5) is 12.6. The van der Waals surface area contributed by atoms with Gasteiger partial charge in [-0.25, -0.2) is 0 Å². The van der Waals surface area contributed by atoms with E-state index in [0.717, 1.165) is 6.42 Å². The van der Waals surface area contributed by atoms with Crippen molar-refractivity contribution < 1.29 is 4.79 Å². The fourth-order valence-electron chi connectivity index (χ4n) is 1.19. The van der Waals surface area contributed by atoms with Crippen molar-refractivity contribution in [3.63, 3.8) is 0 Å². The molecule has 11 heavy (non-hydrogen) atoms. The van der Waals surface area contributed by atoms with Crippen LogP contribution in [0.5, 0.6) is 0 Å². The van der Waals surface area contributed by atoms with Gasteiger partial charge in [0, 0.05) is 13.1 Å². The molecular formula is C8H10N2O. The van der Waals surface area contributed by atoms with Crippen molar-refractivity contribution in [2.45, 2.75) is 6.42 Å². The fraction of sp³-hybridized carbons (Fsp3) is 0.500. The van der Waals surface area contributed by atoms with Crippen LogP contribution in [-0.2, 0) is 4.79 Å². The van der Waals surface area contributed by atoms with E-state index in [1.165, 1.54) is 6.08 Å². The maximum atomic E-state index is 11.0. The van der Waals surface area contributed by atoms with E-state index in [1.54, 1.807) is 4.90 Å². The third-order valence-electron chi connectivity index (χ3n) is 1.86. The highest BCUT2D eigenvalue weighted by atomic mass is 16.2. The van der Waals surface area contributed by atoms with Gasteiger partial charge >= 0.3 is 0 Å². The summed E-state index contributed by atoms with van der Waals surface area (Å²) in [6.07, 6.45) is 2.09. The van der Waals surface area contributed by atoms with Crippen LogP contribution in [0.25, 0.3) is 0 Å². The van der Waals surface area contributed by atoms with Crippen LogP contribution < -0.4 is 0 Å². The molecule has 0 aromatic heterocycles. The molecule has 1 amide bonds. The lowest BCUT2D eigenvalue weighted by Gasteiger charge is -2.11. The van der Waals surface area contributed by atoms with Crippen molar-refractivity contribution in [1.29, 1.82) is 5.26 Å². The number of rotatable bonds is 1. The van der Waals surface area contributed by atoms with Gasteiger partial charge in [-0.2, -0.15) is 5.26 Å². The molecule has 0 aliphatic carbocycles. The zero-order valence-electron chi connectivity index (χ0n) is 6.29. The van der Waals surface area contributed by atoms with E-state index in [2.05, 4.69) is 12.6 Å². The van der Waals surface area contributed by atoms with Crippen LogP contribution in [0.3, 0.4) is 0 Å². The molecule has 0 N–H and O–H groups in total. The molecule has 1 aliphatic rings. The van der Waals surface area contributed by atoms with E-state index in [1.807, 2.05) is 0 Å². The fourth-order valence-corrected chi connectivity index (χ4v) is 1.19. The second kappa shape index (κ2) is 3.20. The van der Waals surface area contributed by atoms with Gasteiger partial charge in [0.2, 0.25) is 5.91 Å². The van der Waals surface area contributed by atoms with Crippen LogP contribution in [0.15, 0.2) is 12.7 Å². The molecular weight excluding hydrogens is 140 g/mol. The number of carbonyl (C=O) groups excluding carboxylic acids is 1. The Morgan fingerprint density at radius 1 is 1.82 bits per heavy atom. The summed E-state index contributed by atoms with van der Waals surface area (Å²) in [5, 5.41) is 8.52. The Hall–Kier alpha value is -1.30. The molecule has 1 heterocycles. The molecule has 1 rings (SSSR count). The van der Waals surface area contributed by atoms with Gasteiger partial charge in [-0.05, 0) is 12.5 Å². The highest BCUT2D eigenvalue weighted by molar-refractivity contribution is 5.87. The van der Waals surface area contributed by atoms with E-state index in [0.29, 0.717) is 13.1 Å². The zero-order chi connectivity index (χ0) is 8.27. The third kappa shape index (κ3) is 1.58. The van der Waals surface area contributed by atoms with Crippen LogP contribution in [0.1, 0.15) is 6.42 Å². The molecule has 1 aliphatic heterocycles. The van der Waals surface area contributed by atoms with E-state index in [9.17, 15) is 4.79 Å². The molecule has 0 aromatic carbocycles. The van der Waals surface area contributed by atoms with E-state index in [4.69, 9.17) is 5.26 Å². The highest BCUT2D eigenvalue weighted by Crippen LogP contribution is 2.14. The van der Waals surface area contributed by atoms with Crippen LogP contribution in [0.2, 0.25) is 0 Å². The first kappa shape index (κ1) is 7.80. The molecule has 0 unspecified atom stereocenters. The lowest BCUT2D eigenvalue weighted by Crippen LogP contribution is -2.26. The number of carbonyl (C=O) groups is 1.